The number of ether oxygens (including phenoxy) is 1. The fraction of sp³-hybridized carbons (Fsp3) is 0.238. The molecule has 3 rings (SSSR count). The Morgan fingerprint density at radius 2 is 1.81 bits per heavy atom. The Hall–Kier alpha value is -3.08. The second kappa shape index (κ2) is 7.87. The van der Waals surface area contributed by atoms with Gasteiger partial charge in [-0.05, 0) is 57.2 Å². The molecule has 26 heavy (non-hydrogen) atoms. The third-order valence-electron chi connectivity index (χ3n) is 3.74. The number of oxazole rings is 1. The number of aromatic nitrogens is 1. The fourth-order valence-electron chi connectivity index (χ4n) is 2.54. The van der Waals surface area contributed by atoms with Crippen molar-refractivity contribution in [3.05, 3.63) is 66.1 Å². The van der Waals surface area contributed by atoms with Crippen LogP contribution >= 0.6 is 0 Å². The van der Waals surface area contributed by atoms with E-state index in [0.717, 1.165) is 17.0 Å². The number of carbonyl (C=O) groups excluding carboxylic acids is 1. The standard InChI is InChI=1S/C21H22N2O3/c1-14(2)25-18-11-9-17(10-12-18)23-20(24)13-19-15(3)22-21(26-19)16-7-5-4-6-8-16/h4-12,14H,13H2,1-3H3,(H,23,24). The van der Waals surface area contributed by atoms with Gasteiger partial charge in [0.1, 0.15) is 11.5 Å². The van der Waals surface area contributed by atoms with Crippen molar-refractivity contribution in [2.24, 2.45) is 0 Å². The molecule has 0 atom stereocenters. The number of benzene rings is 2. The number of hydrogen-bond donors (Lipinski definition) is 1. The summed E-state index contributed by atoms with van der Waals surface area (Å²) in [6.45, 7) is 5.79. The summed E-state index contributed by atoms with van der Waals surface area (Å²) in [6, 6.07) is 16.9. The van der Waals surface area contributed by atoms with Crippen molar-refractivity contribution in [1.82, 2.24) is 4.98 Å². The maximum absolute atomic E-state index is 12.3. The quantitative estimate of drug-likeness (QED) is 0.704. The third kappa shape index (κ3) is 4.51. The van der Waals surface area contributed by atoms with Gasteiger partial charge in [0.05, 0.1) is 18.2 Å². The first kappa shape index (κ1) is 17.7. The van der Waals surface area contributed by atoms with Gasteiger partial charge < -0.3 is 14.5 Å². The summed E-state index contributed by atoms with van der Waals surface area (Å²) in [6.07, 6.45) is 0.249. The predicted molar refractivity (Wildman–Crippen MR) is 101 cm³/mol. The van der Waals surface area contributed by atoms with Gasteiger partial charge in [-0.25, -0.2) is 4.98 Å². The molecule has 134 valence electrons. The molecule has 0 spiro atoms. The van der Waals surface area contributed by atoms with Crippen molar-refractivity contribution < 1.29 is 13.9 Å². The van der Waals surface area contributed by atoms with E-state index in [9.17, 15) is 4.79 Å². The molecule has 0 aliphatic heterocycles. The summed E-state index contributed by atoms with van der Waals surface area (Å²) in [5, 5.41) is 2.86. The Morgan fingerprint density at radius 3 is 2.46 bits per heavy atom. The van der Waals surface area contributed by atoms with E-state index in [4.69, 9.17) is 9.15 Å². The highest BCUT2D eigenvalue weighted by Crippen LogP contribution is 2.22. The van der Waals surface area contributed by atoms with Crippen LogP contribution in [0.5, 0.6) is 5.75 Å². The van der Waals surface area contributed by atoms with Gasteiger partial charge in [0.2, 0.25) is 11.8 Å². The van der Waals surface area contributed by atoms with Crippen molar-refractivity contribution >= 4 is 11.6 Å². The highest BCUT2D eigenvalue weighted by molar-refractivity contribution is 5.92. The fourth-order valence-corrected chi connectivity index (χ4v) is 2.54. The van der Waals surface area contributed by atoms with E-state index < -0.39 is 0 Å². The van der Waals surface area contributed by atoms with E-state index in [1.807, 2.05) is 75.4 Å². The lowest BCUT2D eigenvalue weighted by molar-refractivity contribution is -0.115. The van der Waals surface area contributed by atoms with E-state index >= 15 is 0 Å². The lowest BCUT2D eigenvalue weighted by Gasteiger charge is -2.10. The molecule has 1 heterocycles. The smallest absolute Gasteiger partial charge is 0.232 e. The second-order valence-electron chi connectivity index (χ2n) is 6.31. The van der Waals surface area contributed by atoms with Crippen molar-refractivity contribution in [3.8, 4) is 17.2 Å². The Kier molecular flexibility index (Phi) is 5.37. The van der Waals surface area contributed by atoms with Gasteiger partial charge in [-0.3, -0.25) is 4.79 Å². The zero-order valence-corrected chi connectivity index (χ0v) is 15.2. The predicted octanol–water partition coefficient (Wildman–Crippen LogP) is 4.62. The molecule has 5 heteroatoms. The summed E-state index contributed by atoms with van der Waals surface area (Å²) in [5.74, 6) is 1.72. The van der Waals surface area contributed by atoms with Crippen molar-refractivity contribution in [1.29, 1.82) is 0 Å². The number of aryl methyl sites for hydroxylation is 1. The van der Waals surface area contributed by atoms with Crippen LogP contribution in [0.3, 0.4) is 0 Å². The van der Waals surface area contributed by atoms with Gasteiger partial charge in [0.15, 0.2) is 0 Å². The molecule has 3 aromatic rings. The molecule has 0 aliphatic rings. The van der Waals surface area contributed by atoms with Crippen molar-refractivity contribution in [2.75, 3.05) is 5.32 Å². The minimum absolute atomic E-state index is 0.115. The van der Waals surface area contributed by atoms with E-state index in [0.29, 0.717) is 17.3 Å². The Bertz CT molecular complexity index is 868. The van der Waals surface area contributed by atoms with Crippen LogP contribution in [0.2, 0.25) is 0 Å². The van der Waals surface area contributed by atoms with Crippen molar-refractivity contribution in [2.45, 2.75) is 33.3 Å². The highest BCUT2D eigenvalue weighted by Gasteiger charge is 2.15. The molecular formula is C21H22N2O3. The normalized spacial score (nSPS) is 10.8. The first-order chi connectivity index (χ1) is 12.5. The SMILES string of the molecule is Cc1nc(-c2ccccc2)oc1CC(=O)Nc1ccc(OC(C)C)cc1. The number of hydrogen-bond acceptors (Lipinski definition) is 4. The second-order valence-corrected chi connectivity index (χ2v) is 6.31. The summed E-state index contributed by atoms with van der Waals surface area (Å²) < 4.78 is 11.4. The monoisotopic (exact) mass is 350 g/mol. The summed E-state index contributed by atoms with van der Waals surface area (Å²) in [7, 11) is 0. The maximum atomic E-state index is 12.3. The number of rotatable bonds is 6. The van der Waals surface area contributed by atoms with Crippen LogP contribution in [0, 0.1) is 6.92 Å². The third-order valence-corrected chi connectivity index (χ3v) is 3.74. The van der Waals surface area contributed by atoms with Crippen LogP contribution in [0.1, 0.15) is 25.3 Å². The minimum atomic E-state index is -0.151. The van der Waals surface area contributed by atoms with Gasteiger partial charge >= 0.3 is 0 Å². The molecule has 0 radical (unpaired) electrons. The average Bonchev–Trinajstić information content (AvgIpc) is 2.97. The molecule has 0 saturated heterocycles. The number of nitrogens with zero attached hydrogens (tertiary/aromatic N) is 1. The van der Waals surface area contributed by atoms with Gasteiger partial charge in [-0.2, -0.15) is 0 Å². The van der Waals surface area contributed by atoms with Crippen LogP contribution in [0.4, 0.5) is 5.69 Å². The molecule has 0 aliphatic carbocycles. The van der Waals surface area contributed by atoms with Crippen LogP contribution in [-0.4, -0.2) is 17.0 Å². The van der Waals surface area contributed by atoms with E-state index in [-0.39, 0.29) is 18.4 Å². The molecule has 1 N–H and O–H groups in total. The molecule has 2 aromatic carbocycles. The molecule has 1 amide bonds. The summed E-state index contributed by atoms with van der Waals surface area (Å²) in [4.78, 5) is 16.7. The molecule has 5 nitrogen and oxygen atoms in total. The van der Waals surface area contributed by atoms with E-state index in [2.05, 4.69) is 10.3 Å². The Labute approximate surface area is 153 Å². The number of amides is 1. The van der Waals surface area contributed by atoms with Crippen LogP contribution < -0.4 is 10.1 Å². The van der Waals surface area contributed by atoms with Crippen LogP contribution in [-0.2, 0) is 11.2 Å². The number of nitrogens with one attached hydrogen (secondary N) is 1. The first-order valence-electron chi connectivity index (χ1n) is 8.59. The summed E-state index contributed by atoms with van der Waals surface area (Å²) >= 11 is 0. The topological polar surface area (TPSA) is 64.4 Å². The minimum Gasteiger partial charge on any atom is -0.491 e. The Balaban J connectivity index is 1.64. The van der Waals surface area contributed by atoms with Crippen LogP contribution in [0.15, 0.2) is 59.0 Å². The van der Waals surface area contributed by atoms with Crippen LogP contribution in [0.25, 0.3) is 11.5 Å². The Morgan fingerprint density at radius 1 is 1.12 bits per heavy atom. The van der Waals surface area contributed by atoms with Gasteiger partial charge in [0.25, 0.3) is 0 Å². The maximum Gasteiger partial charge on any atom is 0.232 e. The zero-order chi connectivity index (χ0) is 18.5. The summed E-state index contributed by atoms with van der Waals surface area (Å²) in [5.41, 5.74) is 2.33. The zero-order valence-electron chi connectivity index (χ0n) is 15.2. The molecule has 0 unspecified atom stereocenters. The lowest BCUT2D eigenvalue weighted by Crippen LogP contribution is -2.14. The van der Waals surface area contributed by atoms with E-state index in [1.165, 1.54) is 0 Å². The first-order valence-corrected chi connectivity index (χ1v) is 8.59. The molecule has 0 fully saturated rings. The van der Waals surface area contributed by atoms with Gasteiger partial charge in [-0.15, -0.1) is 0 Å². The average molecular weight is 350 g/mol. The number of anilines is 1. The lowest BCUT2D eigenvalue weighted by atomic mass is 10.2. The van der Waals surface area contributed by atoms with Gasteiger partial charge in [-0.1, -0.05) is 18.2 Å². The largest absolute Gasteiger partial charge is 0.491 e. The van der Waals surface area contributed by atoms with Crippen molar-refractivity contribution in [3.63, 3.8) is 0 Å². The van der Waals surface area contributed by atoms with Gasteiger partial charge in [0, 0.05) is 11.3 Å². The molecular weight excluding hydrogens is 328 g/mol. The van der Waals surface area contributed by atoms with E-state index in [1.54, 1.807) is 0 Å². The molecule has 1 aromatic heterocycles. The highest BCUT2D eigenvalue weighted by atomic mass is 16.5. The molecule has 0 bridgehead atoms. The molecule has 0 saturated carbocycles. The number of carbonyl (C=O) groups is 1.